The second-order valence-electron chi connectivity index (χ2n) is 4.43. The summed E-state index contributed by atoms with van der Waals surface area (Å²) in [5.74, 6) is 7.68. The van der Waals surface area contributed by atoms with Crippen LogP contribution in [0.25, 0.3) is 0 Å². The summed E-state index contributed by atoms with van der Waals surface area (Å²) < 4.78 is 0. The quantitative estimate of drug-likeness (QED) is 0.633. The Hall–Kier alpha value is -1.20. The third-order valence-corrected chi connectivity index (χ3v) is 4.18. The lowest BCUT2D eigenvalue weighted by molar-refractivity contribution is 0.0768. The number of benzene rings is 1. The second-order valence-corrected chi connectivity index (χ2v) is 5.66. The molecule has 98 valence electrons. The zero-order valence-electron chi connectivity index (χ0n) is 10.6. The fourth-order valence-electron chi connectivity index (χ4n) is 2.11. The van der Waals surface area contributed by atoms with Crippen molar-refractivity contribution in [3.8, 4) is 0 Å². The summed E-state index contributed by atoms with van der Waals surface area (Å²) >= 11 is 1.92. The van der Waals surface area contributed by atoms with E-state index in [2.05, 4.69) is 5.43 Å². The Kier molecular flexibility index (Phi) is 4.49. The summed E-state index contributed by atoms with van der Waals surface area (Å²) in [5.41, 5.74) is 5.17. The van der Waals surface area contributed by atoms with Crippen molar-refractivity contribution in [2.45, 2.75) is 13.3 Å². The molecule has 3 N–H and O–H groups in total. The number of nitrogens with two attached hydrogens (primary N) is 1. The van der Waals surface area contributed by atoms with E-state index < -0.39 is 0 Å². The fraction of sp³-hybridized carbons (Fsp3) is 0.462. The van der Waals surface area contributed by atoms with Crippen LogP contribution in [0.2, 0.25) is 0 Å². The van der Waals surface area contributed by atoms with E-state index in [0.29, 0.717) is 0 Å². The lowest BCUT2D eigenvalue weighted by Gasteiger charge is -2.21. The topological polar surface area (TPSA) is 58.4 Å². The first-order chi connectivity index (χ1) is 8.72. The molecule has 0 saturated carbocycles. The molecule has 1 saturated heterocycles. The van der Waals surface area contributed by atoms with Crippen LogP contribution in [0.3, 0.4) is 0 Å². The number of thioether (sulfide) groups is 1. The molecule has 4 nitrogen and oxygen atoms in total. The average molecular weight is 265 g/mol. The minimum atomic E-state index is 0.138. The smallest absolute Gasteiger partial charge is 0.254 e. The molecule has 1 fully saturated rings. The number of hydrogen-bond acceptors (Lipinski definition) is 4. The summed E-state index contributed by atoms with van der Waals surface area (Å²) in [4.78, 5) is 14.4. The Labute approximate surface area is 112 Å². The molecular weight excluding hydrogens is 246 g/mol. The molecule has 5 heteroatoms. The van der Waals surface area contributed by atoms with E-state index in [9.17, 15) is 4.79 Å². The number of amides is 1. The Morgan fingerprint density at radius 3 is 2.94 bits per heavy atom. The largest absolute Gasteiger partial charge is 0.338 e. The van der Waals surface area contributed by atoms with E-state index in [1.807, 2.05) is 41.8 Å². The Morgan fingerprint density at radius 2 is 2.22 bits per heavy atom. The van der Waals surface area contributed by atoms with Crippen LogP contribution in [-0.2, 0) is 0 Å². The summed E-state index contributed by atoms with van der Waals surface area (Å²) in [6.07, 6.45) is 1.08. The van der Waals surface area contributed by atoms with E-state index in [0.717, 1.165) is 47.8 Å². The fourth-order valence-corrected chi connectivity index (χ4v) is 3.00. The summed E-state index contributed by atoms with van der Waals surface area (Å²) in [5, 5.41) is 0. The second kappa shape index (κ2) is 6.11. The molecular formula is C13H19N3OS. The first-order valence-electron chi connectivity index (χ1n) is 6.16. The molecule has 1 aromatic rings. The van der Waals surface area contributed by atoms with Gasteiger partial charge in [-0.25, -0.2) is 0 Å². The van der Waals surface area contributed by atoms with Crippen LogP contribution in [0.5, 0.6) is 0 Å². The number of carbonyl (C=O) groups is 1. The van der Waals surface area contributed by atoms with Gasteiger partial charge in [-0.15, -0.1) is 0 Å². The number of nitrogens with one attached hydrogen (secondary N) is 1. The predicted molar refractivity (Wildman–Crippen MR) is 76.8 cm³/mol. The van der Waals surface area contributed by atoms with Crippen molar-refractivity contribution < 1.29 is 4.79 Å². The summed E-state index contributed by atoms with van der Waals surface area (Å²) in [6.45, 7) is 3.66. The number of nitrogens with zero attached hydrogens (tertiary/aromatic N) is 1. The van der Waals surface area contributed by atoms with Crippen molar-refractivity contribution in [2.75, 3.05) is 30.0 Å². The van der Waals surface area contributed by atoms with E-state index >= 15 is 0 Å². The summed E-state index contributed by atoms with van der Waals surface area (Å²) in [7, 11) is 0. The minimum Gasteiger partial charge on any atom is -0.338 e. The highest BCUT2D eigenvalue weighted by molar-refractivity contribution is 7.99. The Balaban J connectivity index is 2.16. The van der Waals surface area contributed by atoms with Crippen molar-refractivity contribution >= 4 is 23.4 Å². The monoisotopic (exact) mass is 265 g/mol. The van der Waals surface area contributed by atoms with Crippen LogP contribution < -0.4 is 11.3 Å². The van der Waals surface area contributed by atoms with Gasteiger partial charge in [0, 0.05) is 30.1 Å². The molecule has 1 aliphatic heterocycles. The highest BCUT2D eigenvalue weighted by Crippen LogP contribution is 2.18. The molecule has 0 unspecified atom stereocenters. The molecule has 1 heterocycles. The lowest BCUT2D eigenvalue weighted by atomic mass is 10.1. The molecule has 0 atom stereocenters. The van der Waals surface area contributed by atoms with Crippen molar-refractivity contribution in [1.29, 1.82) is 0 Å². The van der Waals surface area contributed by atoms with Gasteiger partial charge in [0.15, 0.2) is 0 Å². The minimum absolute atomic E-state index is 0.138. The summed E-state index contributed by atoms with van der Waals surface area (Å²) in [6, 6.07) is 5.59. The maximum Gasteiger partial charge on any atom is 0.254 e. The predicted octanol–water partition coefficient (Wildman–Crippen LogP) is 1.86. The van der Waals surface area contributed by atoms with Crippen molar-refractivity contribution in [3.63, 3.8) is 0 Å². The van der Waals surface area contributed by atoms with Gasteiger partial charge in [-0.1, -0.05) is 0 Å². The number of anilines is 1. The van der Waals surface area contributed by atoms with E-state index in [1.165, 1.54) is 0 Å². The lowest BCUT2D eigenvalue weighted by Crippen LogP contribution is -2.33. The number of carbonyl (C=O) groups excluding carboxylic acids is 1. The maximum absolute atomic E-state index is 12.4. The molecule has 0 bridgehead atoms. The molecule has 1 amide bonds. The van der Waals surface area contributed by atoms with E-state index in [4.69, 9.17) is 5.84 Å². The number of aryl methyl sites for hydroxylation is 1. The zero-order valence-corrected chi connectivity index (χ0v) is 11.4. The van der Waals surface area contributed by atoms with Gasteiger partial charge in [0.2, 0.25) is 0 Å². The zero-order chi connectivity index (χ0) is 13.0. The van der Waals surface area contributed by atoms with Crippen LogP contribution in [0.15, 0.2) is 18.2 Å². The molecule has 2 rings (SSSR count). The van der Waals surface area contributed by atoms with Crippen LogP contribution in [0.1, 0.15) is 22.3 Å². The molecule has 1 aliphatic rings. The number of nitrogen functional groups attached to an aromatic ring is 1. The van der Waals surface area contributed by atoms with Gasteiger partial charge in [0.25, 0.3) is 5.91 Å². The highest BCUT2D eigenvalue weighted by atomic mass is 32.2. The average Bonchev–Trinajstić information content (AvgIpc) is 2.66. The molecule has 1 aromatic carbocycles. The van der Waals surface area contributed by atoms with Crippen LogP contribution in [0.4, 0.5) is 5.69 Å². The standard InChI is InChI=1S/C13H19N3OS/c1-10-9-11(15-14)3-4-12(10)13(17)16-5-2-7-18-8-6-16/h3-4,9,15H,2,5-8,14H2,1H3. The molecule has 0 aromatic heterocycles. The van der Waals surface area contributed by atoms with Gasteiger partial charge in [-0.2, -0.15) is 11.8 Å². The number of rotatable bonds is 2. The van der Waals surface area contributed by atoms with Gasteiger partial charge in [-0.3, -0.25) is 10.6 Å². The van der Waals surface area contributed by atoms with Crippen molar-refractivity contribution in [3.05, 3.63) is 29.3 Å². The van der Waals surface area contributed by atoms with Crippen LogP contribution >= 0.6 is 11.8 Å². The Morgan fingerprint density at radius 1 is 1.39 bits per heavy atom. The molecule has 0 aliphatic carbocycles. The third kappa shape index (κ3) is 2.97. The van der Waals surface area contributed by atoms with Crippen LogP contribution in [0, 0.1) is 6.92 Å². The van der Waals surface area contributed by atoms with Crippen LogP contribution in [-0.4, -0.2) is 35.4 Å². The number of hydrogen-bond donors (Lipinski definition) is 2. The molecule has 0 spiro atoms. The van der Waals surface area contributed by atoms with E-state index in [1.54, 1.807) is 0 Å². The van der Waals surface area contributed by atoms with Gasteiger partial charge in [-0.05, 0) is 42.9 Å². The first-order valence-corrected chi connectivity index (χ1v) is 7.32. The van der Waals surface area contributed by atoms with Crippen molar-refractivity contribution in [1.82, 2.24) is 4.90 Å². The van der Waals surface area contributed by atoms with Gasteiger partial charge in [0.1, 0.15) is 0 Å². The Bertz CT molecular complexity index is 428. The molecule has 0 radical (unpaired) electrons. The third-order valence-electron chi connectivity index (χ3n) is 3.13. The molecule has 18 heavy (non-hydrogen) atoms. The maximum atomic E-state index is 12.4. The van der Waals surface area contributed by atoms with Gasteiger partial charge >= 0.3 is 0 Å². The highest BCUT2D eigenvalue weighted by Gasteiger charge is 2.18. The normalized spacial score (nSPS) is 16.2. The SMILES string of the molecule is Cc1cc(NN)ccc1C(=O)N1CCCSCC1. The van der Waals surface area contributed by atoms with E-state index in [-0.39, 0.29) is 5.91 Å². The van der Waals surface area contributed by atoms with Gasteiger partial charge in [0.05, 0.1) is 0 Å². The van der Waals surface area contributed by atoms with Gasteiger partial charge < -0.3 is 10.3 Å². The van der Waals surface area contributed by atoms with Crippen molar-refractivity contribution in [2.24, 2.45) is 5.84 Å². The number of hydrazine groups is 1. The first kappa shape index (κ1) is 13.2.